The third-order valence-corrected chi connectivity index (χ3v) is 6.93. The van der Waals surface area contributed by atoms with Crippen molar-refractivity contribution in [2.24, 2.45) is 11.3 Å². The van der Waals surface area contributed by atoms with E-state index in [1.165, 1.54) is 23.6 Å². The molecule has 3 nitrogen and oxygen atoms in total. The number of aryl methyl sites for hydroxylation is 1. The minimum atomic E-state index is -0.341. The van der Waals surface area contributed by atoms with Crippen LogP contribution in [0.15, 0.2) is 18.2 Å². The zero-order valence-corrected chi connectivity index (χ0v) is 16.3. The van der Waals surface area contributed by atoms with E-state index in [4.69, 9.17) is 4.74 Å². The van der Waals surface area contributed by atoms with Gasteiger partial charge in [0.05, 0.1) is 12.7 Å². The quantitative estimate of drug-likeness (QED) is 0.829. The molecule has 1 saturated carbocycles. The summed E-state index contributed by atoms with van der Waals surface area (Å²) in [4.78, 5) is 11.4. The summed E-state index contributed by atoms with van der Waals surface area (Å²) in [6, 6.07) is 6.81. The fourth-order valence-electron chi connectivity index (χ4n) is 5.36. The Labute approximate surface area is 151 Å². The van der Waals surface area contributed by atoms with Crippen LogP contribution < -0.4 is 0 Å². The zero-order chi connectivity index (χ0) is 18.4. The van der Waals surface area contributed by atoms with Crippen molar-refractivity contribution < 1.29 is 14.6 Å². The monoisotopic (exact) mass is 344 g/mol. The number of carbonyl (C=O) groups excluding carboxylic acids is 1. The average molecular weight is 344 g/mol. The van der Waals surface area contributed by atoms with Crippen LogP contribution in [0.4, 0.5) is 0 Å². The molecular formula is C22H32O3. The molecule has 2 aliphatic carbocycles. The van der Waals surface area contributed by atoms with E-state index in [1.807, 2.05) is 0 Å². The highest BCUT2D eigenvalue weighted by molar-refractivity contribution is 5.65. The summed E-state index contributed by atoms with van der Waals surface area (Å²) in [7, 11) is 0. The molecule has 0 bridgehead atoms. The summed E-state index contributed by atoms with van der Waals surface area (Å²) < 4.78 is 5.43. The first-order valence-corrected chi connectivity index (χ1v) is 9.63. The summed E-state index contributed by atoms with van der Waals surface area (Å²) in [5.74, 6) is 0.619. The van der Waals surface area contributed by atoms with E-state index >= 15 is 0 Å². The van der Waals surface area contributed by atoms with Crippen molar-refractivity contribution in [1.82, 2.24) is 0 Å². The topological polar surface area (TPSA) is 46.5 Å². The Hall–Kier alpha value is -1.35. The number of benzene rings is 1. The van der Waals surface area contributed by atoms with Crippen LogP contribution in [-0.2, 0) is 21.4 Å². The first-order valence-electron chi connectivity index (χ1n) is 9.63. The highest BCUT2D eigenvalue weighted by Gasteiger charge is 2.56. The molecule has 0 saturated heterocycles. The maximum absolute atomic E-state index is 11.4. The third kappa shape index (κ3) is 3.01. The van der Waals surface area contributed by atoms with E-state index in [-0.39, 0.29) is 22.9 Å². The van der Waals surface area contributed by atoms with Gasteiger partial charge >= 0.3 is 5.97 Å². The first kappa shape index (κ1) is 18.4. The minimum Gasteiger partial charge on any atom is -0.465 e. The van der Waals surface area contributed by atoms with E-state index in [0.717, 1.165) is 25.7 Å². The number of fused-ring (bicyclic) bond motifs is 3. The molecule has 0 spiro atoms. The van der Waals surface area contributed by atoms with Gasteiger partial charge in [-0.05, 0) is 54.2 Å². The Morgan fingerprint density at radius 1 is 1.32 bits per heavy atom. The molecule has 1 aromatic rings. The summed E-state index contributed by atoms with van der Waals surface area (Å²) in [6.07, 6.45) is 3.40. The molecule has 3 heteroatoms. The number of hydrogen-bond acceptors (Lipinski definition) is 3. The predicted octanol–water partition coefficient (Wildman–Crippen LogP) is 4.35. The predicted molar refractivity (Wildman–Crippen MR) is 99.7 cm³/mol. The van der Waals surface area contributed by atoms with Crippen LogP contribution in [0.2, 0.25) is 0 Å². The maximum atomic E-state index is 11.4. The van der Waals surface area contributed by atoms with E-state index in [9.17, 15) is 9.90 Å². The molecule has 138 valence electrons. The number of carbonyl (C=O) groups is 1. The second kappa shape index (κ2) is 6.42. The largest absolute Gasteiger partial charge is 0.465 e. The highest BCUT2D eigenvalue weighted by atomic mass is 16.5. The lowest BCUT2D eigenvalue weighted by atomic mass is 9.49. The molecule has 25 heavy (non-hydrogen) atoms. The van der Waals surface area contributed by atoms with Gasteiger partial charge < -0.3 is 9.84 Å². The van der Waals surface area contributed by atoms with Crippen LogP contribution in [0.3, 0.4) is 0 Å². The Bertz CT molecular complexity index is 665. The lowest BCUT2D eigenvalue weighted by molar-refractivity contribution is -0.151. The zero-order valence-electron chi connectivity index (χ0n) is 16.3. The first-order chi connectivity index (χ1) is 11.7. The van der Waals surface area contributed by atoms with E-state index < -0.39 is 0 Å². The molecule has 0 aromatic heterocycles. The fourth-order valence-corrected chi connectivity index (χ4v) is 5.36. The van der Waals surface area contributed by atoms with Crippen molar-refractivity contribution in [3.8, 4) is 0 Å². The normalized spacial score (nSPS) is 34.4. The lowest BCUT2D eigenvalue weighted by Gasteiger charge is -2.57. The number of aliphatic hydroxyl groups is 1. The molecule has 2 aliphatic rings. The van der Waals surface area contributed by atoms with Gasteiger partial charge in [-0.3, -0.25) is 4.79 Å². The smallest absolute Gasteiger partial charge is 0.302 e. The van der Waals surface area contributed by atoms with E-state index in [0.29, 0.717) is 18.4 Å². The Morgan fingerprint density at radius 3 is 2.68 bits per heavy atom. The molecule has 0 aliphatic heterocycles. The highest BCUT2D eigenvalue weighted by Crippen LogP contribution is 2.57. The van der Waals surface area contributed by atoms with Crippen LogP contribution in [0, 0.1) is 11.3 Å². The van der Waals surface area contributed by atoms with Crippen molar-refractivity contribution in [3.63, 3.8) is 0 Å². The van der Waals surface area contributed by atoms with Gasteiger partial charge in [0, 0.05) is 17.8 Å². The number of rotatable bonds is 3. The number of esters is 1. The van der Waals surface area contributed by atoms with Crippen LogP contribution in [0.25, 0.3) is 0 Å². The molecule has 1 fully saturated rings. The Morgan fingerprint density at radius 2 is 2.04 bits per heavy atom. The molecule has 4 atom stereocenters. The van der Waals surface area contributed by atoms with Gasteiger partial charge in [0.1, 0.15) is 0 Å². The van der Waals surface area contributed by atoms with Gasteiger partial charge in [-0.25, -0.2) is 0 Å². The van der Waals surface area contributed by atoms with Crippen LogP contribution in [0.5, 0.6) is 0 Å². The summed E-state index contributed by atoms with van der Waals surface area (Å²) in [5, 5.41) is 11.0. The molecule has 0 unspecified atom stereocenters. The Kier molecular flexibility index (Phi) is 4.74. The third-order valence-electron chi connectivity index (χ3n) is 6.93. The molecule has 0 heterocycles. The second-order valence-electron chi connectivity index (χ2n) is 8.93. The average Bonchev–Trinajstić information content (AvgIpc) is 2.56. The number of hydrogen-bond donors (Lipinski definition) is 1. The van der Waals surface area contributed by atoms with Crippen molar-refractivity contribution in [1.29, 1.82) is 0 Å². The van der Waals surface area contributed by atoms with Crippen LogP contribution in [0.1, 0.15) is 76.5 Å². The number of ether oxygens (including phenoxy) is 1. The second-order valence-corrected chi connectivity index (χ2v) is 8.93. The van der Waals surface area contributed by atoms with Gasteiger partial charge in [-0.1, -0.05) is 45.9 Å². The molecule has 3 rings (SSSR count). The van der Waals surface area contributed by atoms with Crippen molar-refractivity contribution in [3.05, 3.63) is 34.9 Å². The summed E-state index contributed by atoms with van der Waals surface area (Å²) in [6.45, 7) is 10.8. The molecule has 0 radical (unpaired) electrons. The molecule has 0 amide bonds. The minimum absolute atomic E-state index is 0.0753. The number of aliphatic hydroxyl groups excluding tert-OH is 1. The lowest BCUT2D eigenvalue weighted by Crippen LogP contribution is -2.57. The Balaban J connectivity index is 2.01. The molecule has 1 N–H and O–H groups in total. The van der Waals surface area contributed by atoms with Gasteiger partial charge in [0.15, 0.2) is 0 Å². The SMILES string of the molecule is CC(=O)OC[C@]1(C)CC[C@H](O)[C@]2(C)c3ccc(C(C)C)cc3CC[C@@H]12. The van der Waals surface area contributed by atoms with Gasteiger partial charge in [-0.15, -0.1) is 0 Å². The molecule has 1 aromatic carbocycles. The summed E-state index contributed by atoms with van der Waals surface area (Å²) in [5.41, 5.74) is 3.72. The van der Waals surface area contributed by atoms with Gasteiger partial charge in [0.2, 0.25) is 0 Å². The van der Waals surface area contributed by atoms with Crippen LogP contribution >= 0.6 is 0 Å². The van der Waals surface area contributed by atoms with Crippen molar-refractivity contribution in [2.45, 2.75) is 77.7 Å². The van der Waals surface area contributed by atoms with Gasteiger partial charge in [-0.2, -0.15) is 0 Å². The van der Waals surface area contributed by atoms with E-state index in [1.54, 1.807) is 0 Å². The standard InChI is InChI=1S/C22H32O3/c1-14(2)16-6-8-18-17(12-16)7-9-19-21(4,13-25-15(3)23)11-10-20(24)22(18,19)5/h6,8,12,14,19-20,24H,7,9-11,13H2,1-5H3/t19-,20-,21-,22+/m0/s1. The maximum Gasteiger partial charge on any atom is 0.302 e. The van der Waals surface area contributed by atoms with Gasteiger partial charge in [0.25, 0.3) is 0 Å². The van der Waals surface area contributed by atoms with Crippen molar-refractivity contribution >= 4 is 5.97 Å². The van der Waals surface area contributed by atoms with Crippen molar-refractivity contribution in [2.75, 3.05) is 6.61 Å². The summed E-state index contributed by atoms with van der Waals surface area (Å²) >= 11 is 0. The van der Waals surface area contributed by atoms with Crippen LogP contribution in [-0.4, -0.2) is 23.8 Å². The molecular weight excluding hydrogens is 312 g/mol. The fraction of sp³-hybridized carbons (Fsp3) is 0.682. The van der Waals surface area contributed by atoms with E-state index in [2.05, 4.69) is 45.9 Å².